The van der Waals surface area contributed by atoms with Crippen LogP contribution in [0, 0.1) is 11.8 Å². The molecule has 0 saturated heterocycles. The minimum Gasteiger partial charge on any atom is -0.256 e. The highest BCUT2D eigenvalue weighted by Crippen LogP contribution is 2.55. The van der Waals surface area contributed by atoms with Crippen LogP contribution in [0.1, 0.15) is 29.5 Å². The topological polar surface area (TPSA) is 43.1 Å². The largest absolute Gasteiger partial charge is 0.256 e. The van der Waals surface area contributed by atoms with E-state index in [0.717, 1.165) is 16.3 Å². The fourth-order valence-electron chi connectivity index (χ4n) is 2.75. The molecular weight excluding hydrogens is 333 g/mol. The summed E-state index contributed by atoms with van der Waals surface area (Å²) in [6, 6.07) is 2.88. The number of fused-ring (bicyclic) bond motifs is 1. The van der Waals surface area contributed by atoms with Crippen LogP contribution in [0.25, 0.3) is 5.65 Å². The lowest BCUT2D eigenvalue weighted by atomic mass is 10.1. The second-order valence-corrected chi connectivity index (χ2v) is 6.03. The standard InChI is InChI=1S/C14H8Cl2F2N4/c15-6-1-10(17)13(19-4-6)8-2-7(8)9-3-11(16)21-22-12(18)5-20-14(9)22/h1,3-5,7-8H,2H2/t7?,8-/m0/s1. The molecule has 3 aromatic rings. The predicted octanol–water partition coefficient (Wildman–Crippen LogP) is 3.98. The van der Waals surface area contributed by atoms with Gasteiger partial charge in [-0.3, -0.25) is 4.98 Å². The van der Waals surface area contributed by atoms with Crippen LogP contribution >= 0.6 is 23.2 Å². The predicted molar refractivity (Wildman–Crippen MR) is 77.3 cm³/mol. The fourth-order valence-corrected chi connectivity index (χ4v) is 3.08. The number of imidazole rings is 1. The minimum atomic E-state index is -0.591. The third kappa shape index (κ3) is 2.14. The third-order valence-corrected chi connectivity index (χ3v) is 4.19. The van der Waals surface area contributed by atoms with Crippen molar-refractivity contribution >= 4 is 28.8 Å². The summed E-state index contributed by atoms with van der Waals surface area (Å²) in [6.45, 7) is 0. The van der Waals surface area contributed by atoms with Gasteiger partial charge >= 0.3 is 0 Å². The number of rotatable bonds is 2. The highest BCUT2D eigenvalue weighted by Gasteiger charge is 2.44. The molecule has 4 rings (SSSR count). The number of hydrogen-bond acceptors (Lipinski definition) is 3. The summed E-state index contributed by atoms with van der Waals surface area (Å²) in [6.07, 6.45) is 3.19. The smallest absolute Gasteiger partial charge is 0.234 e. The lowest BCUT2D eigenvalue weighted by Crippen LogP contribution is -2.00. The molecule has 112 valence electrons. The fraction of sp³-hybridized carbons (Fsp3) is 0.214. The maximum Gasteiger partial charge on any atom is 0.234 e. The summed E-state index contributed by atoms with van der Waals surface area (Å²) in [5, 5.41) is 4.28. The second-order valence-electron chi connectivity index (χ2n) is 5.21. The van der Waals surface area contributed by atoms with E-state index < -0.39 is 11.8 Å². The van der Waals surface area contributed by atoms with E-state index >= 15 is 0 Å². The lowest BCUT2D eigenvalue weighted by Gasteiger charge is -2.05. The van der Waals surface area contributed by atoms with E-state index in [1.165, 1.54) is 12.3 Å². The van der Waals surface area contributed by atoms with Crippen molar-refractivity contribution in [1.82, 2.24) is 19.6 Å². The Morgan fingerprint density at radius 1 is 1.09 bits per heavy atom. The van der Waals surface area contributed by atoms with E-state index in [0.29, 0.717) is 17.8 Å². The van der Waals surface area contributed by atoms with Crippen LogP contribution in [-0.2, 0) is 0 Å². The molecule has 0 spiro atoms. The quantitative estimate of drug-likeness (QED) is 0.708. The molecule has 8 heteroatoms. The van der Waals surface area contributed by atoms with Crippen molar-refractivity contribution in [2.75, 3.05) is 0 Å². The maximum absolute atomic E-state index is 14.0. The zero-order valence-electron chi connectivity index (χ0n) is 11.0. The first-order valence-electron chi connectivity index (χ1n) is 6.55. The summed E-state index contributed by atoms with van der Waals surface area (Å²) in [5.74, 6) is -1.15. The van der Waals surface area contributed by atoms with Crippen molar-refractivity contribution in [3.63, 3.8) is 0 Å². The van der Waals surface area contributed by atoms with Gasteiger partial charge in [-0.1, -0.05) is 23.2 Å². The van der Waals surface area contributed by atoms with Gasteiger partial charge in [0.05, 0.1) is 16.9 Å². The third-order valence-electron chi connectivity index (χ3n) is 3.80. The van der Waals surface area contributed by atoms with Gasteiger partial charge in [0.2, 0.25) is 5.95 Å². The molecule has 4 nitrogen and oxygen atoms in total. The van der Waals surface area contributed by atoms with Crippen molar-refractivity contribution in [3.05, 3.63) is 57.7 Å². The van der Waals surface area contributed by atoms with Crippen LogP contribution in [-0.4, -0.2) is 19.6 Å². The van der Waals surface area contributed by atoms with Crippen LogP contribution in [0.4, 0.5) is 8.78 Å². The van der Waals surface area contributed by atoms with Gasteiger partial charge in [0, 0.05) is 17.7 Å². The Bertz CT molecular complexity index is 896. The zero-order chi connectivity index (χ0) is 15.4. The number of aromatic nitrogens is 4. The molecule has 0 aliphatic heterocycles. The Morgan fingerprint density at radius 3 is 2.68 bits per heavy atom. The van der Waals surface area contributed by atoms with Crippen molar-refractivity contribution in [1.29, 1.82) is 0 Å². The molecule has 0 bridgehead atoms. The Labute approximate surface area is 133 Å². The van der Waals surface area contributed by atoms with E-state index in [2.05, 4.69) is 15.1 Å². The van der Waals surface area contributed by atoms with E-state index in [1.54, 1.807) is 6.07 Å². The average molecular weight is 341 g/mol. The van der Waals surface area contributed by atoms with Crippen molar-refractivity contribution < 1.29 is 8.78 Å². The van der Waals surface area contributed by atoms with Crippen LogP contribution in [0.2, 0.25) is 10.2 Å². The van der Waals surface area contributed by atoms with Gasteiger partial charge in [0.15, 0.2) is 10.8 Å². The van der Waals surface area contributed by atoms with E-state index in [1.807, 2.05) is 0 Å². The van der Waals surface area contributed by atoms with Crippen LogP contribution < -0.4 is 0 Å². The molecule has 3 aromatic heterocycles. The highest BCUT2D eigenvalue weighted by atomic mass is 35.5. The normalized spacial score (nSPS) is 20.5. The molecule has 2 atom stereocenters. The average Bonchev–Trinajstić information content (AvgIpc) is 3.16. The van der Waals surface area contributed by atoms with Crippen molar-refractivity contribution in [3.8, 4) is 0 Å². The molecule has 1 unspecified atom stereocenters. The SMILES string of the molecule is Fc1cc(Cl)cnc1[C@H]1CC1c1cc(Cl)nn2c(F)cnc12. The van der Waals surface area contributed by atoms with E-state index in [-0.39, 0.29) is 22.0 Å². The number of pyridine rings is 1. The number of nitrogens with zero attached hydrogens (tertiary/aromatic N) is 4. The van der Waals surface area contributed by atoms with Gasteiger partial charge in [-0.05, 0) is 24.5 Å². The Balaban J connectivity index is 1.76. The molecular formula is C14H8Cl2F2N4. The van der Waals surface area contributed by atoms with Crippen molar-refractivity contribution in [2.45, 2.75) is 18.3 Å². The van der Waals surface area contributed by atoms with Gasteiger partial charge in [-0.15, -0.1) is 0 Å². The van der Waals surface area contributed by atoms with Gasteiger partial charge in [0.1, 0.15) is 5.82 Å². The van der Waals surface area contributed by atoms with Gasteiger partial charge < -0.3 is 0 Å². The molecule has 0 radical (unpaired) electrons. The maximum atomic E-state index is 14.0. The molecule has 1 aliphatic carbocycles. The van der Waals surface area contributed by atoms with Crippen LogP contribution in [0.15, 0.2) is 24.5 Å². The molecule has 1 fully saturated rings. The molecule has 1 aliphatic rings. The number of halogens is 4. The summed E-state index contributed by atoms with van der Waals surface area (Å²) in [7, 11) is 0. The summed E-state index contributed by atoms with van der Waals surface area (Å²) in [5.41, 5.74) is 1.49. The zero-order valence-corrected chi connectivity index (χ0v) is 12.5. The molecule has 0 N–H and O–H groups in total. The summed E-state index contributed by atoms with van der Waals surface area (Å²) in [4.78, 5) is 8.08. The Hall–Kier alpha value is -1.79. The molecule has 3 heterocycles. The molecule has 0 aromatic carbocycles. The monoisotopic (exact) mass is 340 g/mol. The van der Waals surface area contributed by atoms with Crippen LogP contribution in [0.5, 0.6) is 0 Å². The number of hydrogen-bond donors (Lipinski definition) is 0. The molecule has 0 amide bonds. The van der Waals surface area contributed by atoms with Crippen molar-refractivity contribution in [2.24, 2.45) is 0 Å². The first-order chi connectivity index (χ1) is 10.5. The highest BCUT2D eigenvalue weighted by molar-refractivity contribution is 6.30. The lowest BCUT2D eigenvalue weighted by molar-refractivity contribution is 0.548. The summed E-state index contributed by atoms with van der Waals surface area (Å²) >= 11 is 11.7. The van der Waals surface area contributed by atoms with Gasteiger partial charge in [-0.2, -0.15) is 14.0 Å². The molecule has 1 saturated carbocycles. The van der Waals surface area contributed by atoms with E-state index in [4.69, 9.17) is 23.2 Å². The summed E-state index contributed by atoms with van der Waals surface area (Å²) < 4.78 is 28.6. The Kier molecular flexibility index (Phi) is 3.06. The first kappa shape index (κ1) is 13.8. The van der Waals surface area contributed by atoms with Gasteiger partial charge in [0.25, 0.3) is 0 Å². The van der Waals surface area contributed by atoms with Crippen LogP contribution in [0.3, 0.4) is 0 Å². The second kappa shape index (κ2) is 4.86. The first-order valence-corrected chi connectivity index (χ1v) is 7.31. The Morgan fingerprint density at radius 2 is 1.91 bits per heavy atom. The van der Waals surface area contributed by atoms with Gasteiger partial charge in [-0.25, -0.2) is 9.37 Å². The minimum absolute atomic E-state index is 0.0204. The molecule has 22 heavy (non-hydrogen) atoms. The van der Waals surface area contributed by atoms with E-state index in [9.17, 15) is 8.78 Å².